The smallest absolute Gasteiger partial charge is 0.0593 e. The van der Waals surface area contributed by atoms with Gasteiger partial charge in [0.15, 0.2) is 0 Å². The number of unbranched alkanes of at least 4 members (excludes halogenated alkanes) is 3. The minimum Gasteiger partial charge on any atom is -0.380 e. The Morgan fingerprint density at radius 3 is 2.61 bits per heavy atom. The predicted octanol–water partition coefficient (Wildman–Crippen LogP) is 2.51. The van der Waals surface area contributed by atoms with E-state index in [1.54, 1.807) is 0 Å². The fraction of sp³-hybridized carbons (Fsp3) is 1.00. The molecule has 0 atom stereocenters. The maximum Gasteiger partial charge on any atom is 0.0593 e. The second kappa shape index (κ2) is 10.8. The molecule has 0 bridgehead atoms. The second-order valence-corrected chi connectivity index (χ2v) is 5.59. The van der Waals surface area contributed by atoms with Crippen LogP contribution in [0.15, 0.2) is 0 Å². The van der Waals surface area contributed by atoms with E-state index in [-0.39, 0.29) is 0 Å². The second-order valence-electron chi connectivity index (χ2n) is 5.59. The van der Waals surface area contributed by atoms with Crippen molar-refractivity contribution in [3.05, 3.63) is 0 Å². The Balaban J connectivity index is 1.73. The largest absolute Gasteiger partial charge is 0.380 e. The molecule has 1 aliphatic rings. The Hall–Kier alpha value is -0.120. The number of nitrogens with one attached hydrogen (secondary N) is 1. The molecule has 3 nitrogen and oxygen atoms in total. The third-order valence-corrected chi connectivity index (χ3v) is 3.56. The molecule has 1 N–H and O–H groups in total. The lowest BCUT2D eigenvalue weighted by molar-refractivity contribution is 0.103. The molecule has 1 aliphatic carbocycles. The summed E-state index contributed by atoms with van der Waals surface area (Å²) in [6.07, 6.45) is 8.15. The van der Waals surface area contributed by atoms with Crippen molar-refractivity contribution in [1.82, 2.24) is 10.2 Å². The maximum absolute atomic E-state index is 5.65. The number of hydrogen-bond donors (Lipinski definition) is 1. The number of rotatable bonds is 13. The van der Waals surface area contributed by atoms with Gasteiger partial charge in [-0.1, -0.05) is 19.8 Å². The maximum atomic E-state index is 5.65. The van der Waals surface area contributed by atoms with Crippen LogP contribution in [0.5, 0.6) is 0 Å². The van der Waals surface area contributed by atoms with Crippen molar-refractivity contribution in [2.24, 2.45) is 5.92 Å². The fourth-order valence-electron chi connectivity index (χ4n) is 2.03. The quantitative estimate of drug-likeness (QED) is 0.513. The zero-order valence-corrected chi connectivity index (χ0v) is 12.4. The van der Waals surface area contributed by atoms with Gasteiger partial charge in [0.2, 0.25) is 0 Å². The minimum atomic E-state index is 0.895. The molecule has 0 aliphatic heterocycles. The molecule has 108 valence electrons. The summed E-state index contributed by atoms with van der Waals surface area (Å²) in [6.45, 7) is 8.66. The van der Waals surface area contributed by atoms with Gasteiger partial charge < -0.3 is 15.0 Å². The van der Waals surface area contributed by atoms with Crippen LogP contribution < -0.4 is 5.32 Å². The van der Waals surface area contributed by atoms with Gasteiger partial charge in [-0.3, -0.25) is 0 Å². The zero-order valence-electron chi connectivity index (χ0n) is 12.4. The Labute approximate surface area is 113 Å². The molecule has 0 radical (unpaired) electrons. The summed E-state index contributed by atoms with van der Waals surface area (Å²) in [4.78, 5) is 2.40. The number of ether oxygens (including phenoxy) is 1. The van der Waals surface area contributed by atoms with Crippen molar-refractivity contribution >= 4 is 0 Å². The summed E-state index contributed by atoms with van der Waals surface area (Å²) < 4.78 is 5.65. The zero-order chi connectivity index (χ0) is 13.1. The summed E-state index contributed by atoms with van der Waals surface area (Å²) >= 11 is 0. The van der Waals surface area contributed by atoms with E-state index in [0.717, 1.165) is 32.2 Å². The summed E-state index contributed by atoms with van der Waals surface area (Å²) in [7, 11) is 2.21. The van der Waals surface area contributed by atoms with Crippen molar-refractivity contribution in [2.75, 3.05) is 46.4 Å². The van der Waals surface area contributed by atoms with E-state index >= 15 is 0 Å². The Bertz CT molecular complexity index is 183. The minimum absolute atomic E-state index is 0.895. The Morgan fingerprint density at radius 2 is 1.89 bits per heavy atom. The highest BCUT2D eigenvalue weighted by Crippen LogP contribution is 2.28. The standard InChI is InChI=1S/C15H32N2O/c1-3-16-10-6-4-5-7-11-17(2)12-13-18-14-15-8-9-15/h15-16H,3-14H2,1-2H3. The topological polar surface area (TPSA) is 24.5 Å². The Morgan fingerprint density at radius 1 is 1.11 bits per heavy atom. The van der Waals surface area contributed by atoms with E-state index < -0.39 is 0 Å². The molecule has 1 rings (SSSR count). The first kappa shape index (κ1) is 15.9. The van der Waals surface area contributed by atoms with Crippen molar-refractivity contribution in [2.45, 2.75) is 45.4 Å². The predicted molar refractivity (Wildman–Crippen MR) is 78.1 cm³/mol. The normalized spacial score (nSPS) is 15.5. The molecule has 0 amide bonds. The van der Waals surface area contributed by atoms with E-state index in [2.05, 4.69) is 24.2 Å². The molecular weight excluding hydrogens is 224 g/mol. The highest BCUT2D eigenvalue weighted by Gasteiger charge is 2.20. The lowest BCUT2D eigenvalue weighted by Crippen LogP contribution is -2.24. The Kier molecular flexibility index (Phi) is 9.54. The monoisotopic (exact) mass is 256 g/mol. The van der Waals surface area contributed by atoms with Gasteiger partial charge in [-0.15, -0.1) is 0 Å². The third-order valence-electron chi connectivity index (χ3n) is 3.56. The molecule has 0 aromatic rings. The molecule has 1 fully saturated rings. The van der Waals surface area contributed by atoms with Gasteiger partial charge in [0.1, 0.15) is 0 Å². The summed E-state index contributed by atoms with van der Waals surface area (Å²) in [6, 6.07) is 0. The van der Waals surface area contributed by atoms with Gasteiger partial charge in [-0.05, 0) is 58.3 Å². The summed E-state index contributed by atoms with van der Waals surface area (Å²) in [5, 5.41) is 3.37. The molecule has 3 heteroatoms. The van der Waals surface area contributed by atoms with Crippen LogP contribution in [0.2, 0.25) is 0 Å². The van der Waals surface area contributed by atoms with Gasteiger partial charge in [0.05, 0.1) is 6.61 Å². The van der Waals surface area contributed by atoms with Gasteiger partial charge in [-0.25, -0.2) is 0 Å². The molecule has 0 spiro atoms. The van der Waals surface area contributed by atoms with E-state index in [0.29, 0.717) is 0 Å². The average Bonchev–Trinajstić information content (AvgIpc) is 3.18. The van der Waals surface area contributed by atoms with Crippen LogP contribution in [-0.2, 0) is 4.74 Å². The van der Waals surface area contributed by atoms with Crippen molar-refractivity contribution in [3.8, 4) is 0 Å². The highest BCUT2D eigenvalue weighted by molar-refractivity contribution is 4.71. The summed E-state index contributed by atoms with van der Waals surface area (Å²) in [5.74, 6) is 0.895. The van der Waals surface area contributed by atoms with E-state index in [4.69, 9.17) is 4.74 Å². The molecule has 1 saturated carbocycles. The van der Waals surface area contributed by atoms with Crippen molar-refractivity contribution < 1.29 is 4.74 Å². The molecule has 0 saturated heterocycles. The van der Waals surface area contributed by atoms with E-state index in [1.165, 1.54) is 51.6 Å². The molecule has 0 aromatic heterocycles. The number of hydrogen-bond acceptors (Lipinski definition) is 3. The third kappa shape index (κ3) is 9.86. The van der Waals surface area contributed by atoms with Crippen LogP contribution >= 0.6 is 0 Å². The van der Waals surface area contributed by atoms with Gasteiger partial charge in [0.25, 0.3) is 0 Å². The molecule has 0 heterocycles. The van der Waals surface area contributed by atoms with Gasteiger partial charge >= 0.3 is 0 Å². The van der Waals surface area contributed by atoms with Crippen LogP contribution in [0.25, 0.3) is 0 Å². The first-order valence-electron chi connectivity index (χ1n) is 7.80. The first-order valence-corrected chi connectivity index (χ1v) is 7.80. The van der Waals surface area contributed by atoms with Crippen LogP contribution in [0.3, 0.4) is 0 Å². The molecule has 0 unspecified atom stereocenters. The van der Waals surface area contributed by atoms with Crippen LogP contribution in [0.4, 0.5) is 0 Å². The van der Waals surface area contributed by atoms with Crippen molar-refractivity contribution in [3.63, 3.8) is 0 Å². The van der Waals surface area contributed by atoms with Crippen LogP contribution in [0, 0.1) is 5.92 Å². The number of likely N-dealkylation sites (N-methyl/N-ethyl adjacent to an activating group) is 1. The SMILES string of the molecule is CCNCCCCCCN(C)CCOCC1CC1. The summed E-state index contributed by atoms with van der Waals surface area (Å²) in [5.41, 5.74) is 0. The molecule has 18 heavy (non-hydrogen) atoms. The lowest BCUT2D eigenvalue weighted by Gasteiger charge is -2.16. The molecule has 0 aromatic carbocycles. The number of nitrogens with zero attached hydrogens (tertiary/aromatic N) is 1. The van der Waals surface area contributed by atoms with E-state index in [1.807, 2.05) is 0 Å². The fourth-order valence-corrected chi connectivity index (χ4v) is 2.03. The highest BCUT2D eigenvalue weighted by atomic mass is 16.5. The van der Waals surface area contributed by atoms with Crippen molar-refractivity contribution in [1.29, 1.82) is 0 Å². The lowest BCUT2D eigenvalue weighted by atomic mass is 10.2. The van der Waals surface area contributed by atoms with Gasteiger partial charge in [0, 0.05) is 13.2 Å². The van der Waals surface area contributed by atoms with Gasteiger partial charge in [-0.2, -0.15) is 0 Å². The van der Waals surface area contributed by atoms with Crippen LogP contribution in [0.1, 0.15) is 45.4 Å². The first-order chi connectivity index (χ1) is 8.83. The van der Waals surface area contributed by atoms with Crippen LogP contribution in [-0.4, -0.2) is 51.3 Å². The molecular formula is C15H32N2O. The average molecular weight is 256 g/mol. The van der Waals surface area contributed by atoms with E-state index in [9.17, 15) is 0 Å².